The monoisotopic (exact) mass is 377 g/mol. The highest BCUT2D eigenvalue weighted by Crippen LogP contribution is 2.35. The first-order valence-corrected chi connectivity index (χ1v) is 7.68. The molecular weight excluding hydrogens is 362 g/mol. The zero-order valence-electron chi connectivity index (χ0n) is 13.4. The Kier molecular flexibility index (Phi) is 6.18. The van der Waals surface area contributed by atoms with Crippen molar-refractivity contribution < 1.29 is 22.3 Å². The van der Waals surface area contributed by atoms with Crippen molar-refractivity contribution in [2.75, 3.05) is 20.3 Å². The molecule has 1 aromatic carbocycles. The van der Waals surface area contributed by atoms with Crippen molar-refractivity contribution in [2.24, 2.45) is 10.1 Å². The number of hydrogen-bond acceptors (Lipinski definition) is 3. The number of alkyl halides is 4. The predicted molar refractivity (Wildman–Crippen MR) is 88.6 cm³/mol. The Morgan fingerprint density at radius 1 is 1.40 bits per heavy atom. The number of aliphatic imine (C=N–C) groups is 1. The number of hydrazone groups is 1. The van der Waals surface area contributed by atoms with Gasteiger partial charge in [0.1, 0.15) is 0 Å². The second-order valence-electron chi connectivity index (χ2n) is 5.28. The van der Waals surface area contributed by atoms with Crippen LogP contribution in [0.3, 0.4) is 0 Å². The van der Waals surface area contributed by atoms with Gasteiger partial charge in [-0.2, -0.15) is 18.3 Å². The molecule has 2 rings (SSSR count). The molecule has 0 saturated heterocycles. The standard InChI is InChI=1S/C16H16ClF4N3O/c1-22-15(10-5-7-25-8-6-10)23-24(2)14(18)12-4-3-11(9-13(12)17)16(19,20)21/h3-5,9,14H,1,6-8H2,2H3/b23-15-. The summed E-state index contributed by atoms with van der Waals surface area (Å²) in [4.78, 5) is 3.78. The van der Waals surface area contributed by atoms with Crippen molar-refractivity contribution in [1.82, 2.24) is 5.01 Å². The van der Waals surface area contributed by atoms with Crippen LogP contribution in [0, 0.1) is 0 Å². The number of halogens is 5. The summed E-state index contributed by atoms with van der Waals surface area (Å²) in [7, 11) is 1.34. The Morgan fingerprint density at radius 2 is 2.12 bits per heavy atom. The molecule has 0 fully saturated rings. The molecule has 25 heavy (non-hydrogen) atoms. The number of amidine groups is 1. The van der Waals surface area contributed by atoms with Gasteiger partial charge in [0, 0.05) is 17.6 Å². The van der Waals surface area contributed by atoms with E-state index in [-0.39, 0.29) is 16.4 Å². The maximum absolute atomic E-state index is 14.6. The molecule has 1 aromatic rings. The van der Waals surface area contributed by atoms with E-state index in [0.717, 1.165) is 22.7 Å². The zero-order valence-corrected chi connectivity index (χ0v) is 14.1. The fourth-order valence-corrected chi connectivity index (χ4v) is 2.50. The van der Waals surface area contributed by atoms with Crippen molar-refractivity contribution in [3.8, 4) is 0 Å². The van der Waals surface area contributed by atoms with E-state index in [1.54, 1.807) is 6.08 Å². The van der Waals surface area contributed by atoms with Crippen LogP contribution in [0.15, 0.2) is 39.9 Å². The summed E-state index contributed by atoms with van der Waals surface area (Å²) in [5, 5.41) is 4.66. The minimum Gasteiger partial charge on any atom is -0.377 e. The van der Waals surface area contributed by atoms with Crippen LogP contribution >= 0.6 is 11.6 Å². The van der Waals surface area contributed by atoms with Gasteiger partial charge in [0.2, 0.25) is 6.30 Å². The van der Waals surface area contributed by atoms with Crippen LogP contribution in [0.25, 0.3) is 0 Å². The molecule has 0 spiro atoms. The molecule has 0 amide bonds. The van der Waals surface area contributed by atoms with E-state index in [2.05, 4.69) is 16.8 Å². The van der Waals surface area contributed by atoms with Crippen LogP contribution in [0.5, 0.6) is 0 Å². The van der Waals surface area contributed by atoms with Crippen LogP contribution in [0.2, 0.25) is 5.02 Å². The summed E-state index contributed by atoms with van der Waals surface area (Å²) in [6, 6.07) is 2.46. The summed E-state index contributed by atoms with van der Waals surface area (Å²) in [5.41, 5.74) is -0.301. The van der Waals surface area contributed by atoms with Crippen LogP contribution in [-0.2, 0) is 10.9 Å². The zero-order chi connectivity index (χ0) is 18.6. The van der Waals surface area contributed by atoms with E-state index in [1.165, 1.54) is 7.05 Å². The number of ether oxygens (including phenoxy) is 1. The maximum atomic E-state index is 14.6. The average molecular weight is 378 g/mol. The maximum Gasteiger partial charge on any atom is 0.416 e. The van der Waals surface area contributed by atoms with Gasteiger partial charge < -0.3 is 4.74 Å². The fourth-order valence-electron chi connectivity index (χ4n) is 2.23. The summed E-state index contributed by atoms with van der Waals surface area (Å²) < 4.78 is 57.8. The van der Waals surface area contributed by atoms with Crippen LogP contribution < -0.4 is 0 Å². The third kappa shape index (κ3) is 4.79. The van der Waals surface area contributed by atoms with Gasteiger partial charge in [-0.15, -0.1) is 0 Å². The Morgan fingerprint density at radius 3 is 2.64 bits per heavy atom. The van der Waals surface area contributed by atoms with Crippen molar-refractivity contribution in [1.29, 1.82) is 0 Å². The van der Waals surface area contributed by atoms with Gasteiger partial charge in [0.05, 0.1) is 18.8 Å². The SMILES string of the molecule is C=N/C(=N\N(C)C(F)c1ccc(C(F)(F)F)cc1Cl)C1=CCOCC1. The first-order chi connectivity index (χ1) is 11.7. The predicted octanol–water partition coefficient (Wildman–Crippen LogP) is 4.62. The molecule has 0 aromatic heterocycles. The van der Waals surface area contributed by atoms with Crippen molar-refractivity contribution in [3.63, 3.8) is 0 Å². The number of rotatable bonds is 4. The number of nitrogens with zero attached hydrogens (tertiary/aromatic N) is 3. The summed E-state index contributed by atoms with van der Waals surface area (Å²) in [6.07, 6.45) is -4.06. The second-order valence-corrected chi connectivity index (χ2v) is 5.69. The molecule has 0 radical (unpaired) electrons. The molecule has 4 nitrogen and oxygen atoms in total. The van der Waals surface area contributed by atoms with Gasteiger partial charge in [0.15, 0.2) is 5.84 Å². The Labute approximate surface area is 147 Å². The molecular formula is C16H16ClF4N3O. The lowest BCUT2D eigenvalue weighted by atomic mass is 10.1. The van der Waals surface area contributed by atoms with E-state index >= 15 is 0 Å². The van der Waals surface area contributed by atoms with Crippen molar-refractivity contribution in [2.45, 2.75) is 18.9 Å². The molecule has 0 aliphatic carbocycles. The lowest BCUT2D eigenvalue weighted by Crippen LogP contribution is -2.20. The van der Waals surface area contributed by atoms with E-state index < -0.39 is 18.0 Å². The molecule has 1 heterocycles. The molecule has 0 N–H and O–H groups in total. The van der Waals surface area contributed by atoms with Gasteiger partial charge in [-0.3, -0.25) is 5.01 Å². The van der Waals surface area contributed by atoms with Gasteiger partial charge >= 0.3 is 6.18 Å². The van der Waals surface area contributed by atoms with Gasteiger partial charge in [-0.05, 0) is 30.8 Å². The molecule has 1 atom stereocenters. The largest absolute Gasteiger partial charge is 0.416 e. The molecule has 9 heteroatoms. The molecule has 0 bridgehead atoms. The minimum atomic E-state index is -4.55. The Hall–Kier alpha value is -1.93. The van der Waals surface area contributed by atoms with Crippen LogP contribution in [0.1, 0.15) is 23.8 Å². The van der Waals surface area contributed by atoms with Crippen LogP contribution in [-0.4, -0.2) is 37.8 Å². The smallest absolute Gasteiger partial charge is 0.377 e. The minimum absolute atomic E-state index is 0.120. The summed E-state index contributed by atoms with van der Waals surface area (Å²) in [5.74, 6) is 0.233. The third-order valence-electron chi connectivity index (χ3n) is 3.57. The Bertz CT molecular complexity index is 703. The average Bonchev–Trinajstić information content (AvgIpc) is 2.58. The quantitative estimate of drug-likeness (QED) is 0.252. The van der Waals surface area contributed by atoms with Gasteiger partial charge in [-0.25, -0.2) is 9.38 Å². The molecule has 1 aliphatic rings. The molecule has 136 valence electrons. The number of benzene rings is 1. The third-order valence-corrected chi connectivity index (χ3v) is 3.89. The highest BCUT2D eigenvalue weighted by molar-refractivity contribution is 6.31. The highest BCUT2D eigenvalue weighted by Gasteiger charge is 2.32. The molecule has 0 saturated carbocycles. The van der Waals surface area contributed by atoms with E-state index in [0.29, 0.717) is 25.7 Å². The molecule has 1 unspecified atom stereocenters. The summed E-state index contributed by atoms with van der Waals surface area (Å²) >= 11 is 5.81. The first kappa shape index (κ1) is 19.4. The lowest BCUT2D eigenvalue weighted by molar-refractivity contribution is -0.137. The second kappa shape index (κ2) is 7.97. The van der Waals surface area contributed by atoms with Gasteiger partial charge in [0.25, 0.3) is 0 Å². The highest BCUT2D eigenvalue weighted by atomic mass is 35.5. The van der Waals surface area contributed by atoms with E-state index in [1.807, 2.05) is 0 Å². The van der Waals surface area contributed by atoms with Crippen molar-refractivity contribution in [3.05, 3.63) is 46.0 Å². The van der Waals surface area contributed by atoms with Crippen molar-refractivity contribution >= 4 is 24.2 Å². The number of hydrogen-bond donors (Lipinski definition) is 0. The fraction of sp³-hybridized carbons (Fsp3) is 0.375. The normalized spacial score (nSPS) is 17.0. The first-order valence-electron chi connectivity index (χ1n) is 7.30. The topological polar surface area (TPSA) is 37.2 Å². The van der Waals surface area contributed by atoms with E-state index in [4.69, 9.17) is 16.3 Å². The lowest BCUT2D eigenvalue weighted by Gasteiger charge is -2.22. The Balaban J connectivity index is 2.24. The van der Waals surface area contributed by atoms with Gasteiger partial charge in [-0.1, -0.05) is 23.7 Å². The molecule has 1 aliphatic heterocycles. The summed E-state index contributed by atoms with van der Waals surface area (Å²) in [6.45, 7) is 4.31. The van der Waals surface area contributed by atoms with Crippen LogP contribution in [0.4, 0.5) is 17.6 Å². The van der Waals surface area contributed by atoms with E-state index in [9.17, 15) is 17.6 Å².